The lowest BCUT2D eigenvalue weighted by Gasteiger charge is -2.35. The van der Waals surface area contributed by atoms with Gasteiger partial charge in [0.1, 0.15) is 5.82 Å². The minimum atomic E-state index is -0.561. The lowest BCUT2D eigenvalue weighted by atomic mass is 10.00. The zero-order valence-electron chi connectivity index (χ0n) is 15.2. The Labute approximate surface area is 163 Å². The molecule has 0 bridgehead atoms. The predicted molar refractivity (Wildman–Crippen MR) is 99.8 cm³/mol. The predicted octanol–water partition coefficient (Wildman–Crippen LogP) is 1.71. The number of rotatable bonds is 6. The number of nitrogens with zero attached hydrogens (tertiary/aromatic N) is 1. The van der Waals surface area contributed by atoms with Crippen LogP contribution in [0.1, 0.15) is 24.8 Å². The van der Waals surface area contributed by atoms with Gasteiger partial charge in [0.15, 0.2) is 0 Å². The molecular weight excluding hydrogens is 373 g/mol. The molecule has 148 valence electrons. The van der Waals surface area contributed by atoms with Crippen LogP contribution in [-0.4, -0.2) is 55.6 Å². The molecule has 2 saturated heterocycles. The molecule has 2 aliphatic rings. The van der Waals surface area contributed by atoms with Crippen LogP contribution >= 0.6 is 11.6 Å². The van der Waals surface area contributed by atoms with E-state index in [0.29, 0.717) is 37.1 Å². The van der Waals surface area contributed by atoms with Crippen LogP contribution in [0.5, 0.6) is 0 Å². The molecule has 0 saturated carbocycles. The highest BCUT2D eigenvalue weighted by molar-refractivity contribution is 6.31. The normalized spacial score (nSPS) is 21.7. The number of ether oxygens (including phenoxy) is 1. The fraction of sp³-hybridized carbons (Fsp3) is 0.579. The van der Waals surface area contributed by atoms with E-state index in [9.17, 15) is 14.0 Å². The Morgan fingerprint density at radius 2 is 2.15 bits per heavy atom. The zero-order valence-corrected chi connectivity index (χ0v) is 15.9. The summed E-state index contributed by atoms with van der Waals surface area (Å²) in [6.07, 6.45) is 1.98. The number of amides is 2. The van der Waals surface area contributed by atoms with Crippen LogP contribution < -0.4 is 10.6 Å². The number of carbonyl (C=O) groups is 2. The summed E-state index contributed by atoms with van der Waals surface area (Å²) in [7, 11) is 0. The summed E-state index contributed by atoms with van der Waals surface area (Å²) in [4.78, 5) is 26.6. The number of carbonyl (C=O) groups excluding carboxylic acids is 2. The fourth-order valence-electron chi connectivity index (χ4n) is 3.50. The van der Waals surface area contributed by atoms with E-state index >= 15 is 0 Å². The van der Waals surface area contributed by atoms with Gasteiger partial charge in [0.25, 0.3) is 0 Å². The summed E-state index contributed by atoms with van der Waals surface area (Å²) in [6.45, 7) is 3.59. The highest BCUT2D eigenvalue weighted by atomic mass is 35.5. The number of piperazine rings is 1. The number of hydrogen-bond acceptors (Lipinski definition) is 4. The molecule has 2 amide bonds. The Bertz CT molecular complexity index is 682. The van der Waals surface area contributed by atoms with E-state index in [2.05, 4.69) is 10.6 Å². The van der Waals surface area contributed by atoms with Crippen LogP contribution in [0, 0.1) is 11.7 Å². The van der Waals surface area contributed by atoms with Gasteiger partial charge in [-0.15, -0.1) is 0 Å². The molecule has 8 heteroatoms. The van der Waals surface area contributed by atoms with Gasteiger partial charge in [0, 0.05) is 44.4 Å². The largest absolute Gasteiger partial charge is 0.381 e. The van der Waals surface area contributed by atoms with Crippen molar-refractivity contribution in [3.05, 3.63) is 34.6 Å². The first kappa shape index (κ1) is 20.0. The van der Waals surface area contributed by atoms with E-state index in [0.717, 1.165) is 31.6 Å². The first-order valence-electron chi connectivity index (χ1n) is 9.33. The number of benzene rings is 1. The average molecular weight is 398 g/mol. The Hall–Kier alpha value is -1.70. The van der Waals surface area contributed by atoms with Gasteiger partial charge in [-0.1, -0.05) is 17.7 Å². The first-order chi connectivity index (χ1) is 13.0. The summed E-state index contributed by atoms with van der Waals surface area (Å²) in [5.41, 5.74) is 0.736. The van der Waals surface area contributed by atoms with E-state index in [1.54, 1.807) is 6.07 Å². The third-order valence-corrected chi connectivity index (χ3v) is 5.49. The highest BCUT2D eigenvalue weighted by Crippen LogP contribution is 2.21. The maximum atomic E-state index is 13.3. The van der Waals surface area contributed by atoms with Crippen LogP contribution in [0.15, 0.2) is 18.2 Å². The van der Waals surface area contributed by atoms with Gasteiger partial charge in [-0.2, -0.15) is 0 Å². The second kappa shape index (κ2) is 9.48. The molecular formula is C19H25ClFN3O3. The van der Waals surface area contributed by atoms with Crippen LogP contribution in [0.25, 0.3) is 0 Å². The van der Waals surface area contributed by atoms with Crippen molar-refractivity contribution in [1.82, 2.24) is 15.5 Å². The second-order valence-corrected chi connectivity index (χ2v) is 7.48. The molecule has 27 heavy (non-hydrogen) atoms. The smallest absolute Gasteiger partial charge is 0.237 e. The Kier molecular flexibility index (Phi) is 7.04. The molecule has 1 unspecified atom stereocenters. The highest BCUT2D eigenvalue weighted by Gasteiger charge is 2.32. The third kappa shape index (κ3) is 5.64. The van der Waals surface area contributed by atoms with Crippen LogP contribution in [0.2, 0.25) is 5.02 Å². The molecule has 1 atom stereocenters. The van der Waals surface area contributed by atoms with Crippen molar-refractivity contribution >= 4 is 23.4 Å². The van der Waals surface area contributed by atoms with Gasteiger partial charge >= 0.3 is 0 Å². The van der Waals surface area contributed by atoms with E-state index in [4.69, 9.17) is 16.3 Å². The molecule has 2 fully saturated rings. The Morgan fingerprint density at radius 1 is 1.37 bits per heavy atom. The number of hydrogen-bond donors (Lipinski definition) is 2. The van der Waals surface area contributed by atoms with E-state index < -0.39 is 11.9 Å². The van der Waals surface area contributed by atoms with Crippen molar-refractivity contribution in [2.45, 2.75) is 31.8 Å². The summed E-state index contributed by atoms with van der Waals surface area (Å²) >= 11 is 6.12. The lowest BCUT2D eigenvalue weighted by molar-refractivity contribution is -0.134. The van der Waals surface area contributed by atoms with Gasteiger partial charge in [-0.25, -0.2) is 4.39 Å². The minimum absolute atomic E-state index is 0.0911. The van der Waals surface area contributed by atoms with E-state index in [-0.39, 0.29) is 18.2 Å². The second-order valence-electron chi connectivity index (χ2n) is 7.08. The molecule has 3 rings (SSSR count). The average Bonchev–Trinajstić information content (AvgIpc) is 2.66. The Morgan fingerprint density at radius 3 is 2.89 bits per heavy atom. The number of halogens is 2. The van der Waals surface area contributed by atoms with Gasteiger partial charge in [-0.05, 0) is 36.5 Å². The first-order valence-corrected chi connectivity index (χ1v) is 9.71. The molecule has 2 aliphatic heterocycles. The van der Waals surface area contributed by atoms with Crippen molar-refractivity contribution in [3.8, 4) is 0 Å². The van der Waals surface area contributed by atoms with Crippen LogP contribution in [0.3, 0.4) is 0 Å². The van der Waals surface area contributed by atoms with Crippen molar-refractivity contribution in [1.29, 1.82) is 0 Å². The quantitative estimate of drug-likeness (QED) is 0.766. The van der Waals surface area contributed by atoms with Crippen molar-refractivity contribution in [2.75, 3.05) is 32.8 Å². The zero-order chi connectivity index (χ0) is 19.2. The van der Waals surface area contributed by atoms with Gasteiger partial charge in [0.05, 0.1) is 12.5 Å². The van der Waals surface area contributed by atoms with Crippen LogP contribution in [-0.2, 0) is 20.9 Å². The lowest BCUT2D eigenvalue weighted by Crippen LogP contribution is -2.56. The van der Waals surface area contributed by atoms with Crippen LogP contribution in [0.4, 0.5) is 4.39 Å². The Balaban J connectivity index is 1.58. The molecule has 6 nitrogen and oxygen atoms in total. The van der Waals surface area contributed by atoms with Crippen molar-refractivity contribution in [2.24, 2.45) is 5.92 Å². The molecule has 0 radical (unpaired) electrons. The summed E-state index contributed by atoms with van der Waals surface area (Å²) in [5.74, 6) is -0.277. The maximum Gasteiger partial charge on any atom is 0.237 e. The van der Waals surface area contributed by atoms with Crippen molar-refractivity contribution in [3.63, 3.8) is 0 Å². The monoisotopic (exact) mass is 397 g/mol. The molecule has 0 aliphatic carbocycles. The van der Waals surface area contributed by atoms with Gasteiger partial charge < -0.3 is 15.4 Å². The molecule has 0 spiro atoms. The third-order valence-electron chi connectivity index (χ3n) is 5.14. The summed E-state index contributed by atoms with van der Waals surface area (Å²) in [5, 5.41) is 6.08. The molecule has 2 heterocycles. The summed E-state index contributed by atoms with van der Waals surface area (Å²) in [6, 6.07) is 3.67. The number of nitrogens with one attached hydrogen (secondary N) is 2. The molecule has 1 aromatic carbocycles. The molecule has 2 N–H and O–H groups in total. The fourth-order valence-corrected chi connectivity index (χ4v) is 3.73. The van der Waals surface area contributed by atoms with Crippen molar-refractivity contribution < 1.29 is 18.7 Å². The molecule has 1 aromatic rings. The minimum Gasteiger partial charge on any atom is -0.381 e. The standard InChI is InChI=1S/C19H25ClFN3O3/c20-16-9-15(21)2-1-14(16)12-24-6-5-22-19(26)17(24)10-18(25)23-11-13-3-7-27-8-4-13/h1-2,9,13,17H,3-8,10-12H2,(H,22,26)(H,23,25). The summed E-state index contributed by atoms with van der Waals surface area (Å²) < 4.78 is 18.6. The maximum absolute atomic E-state index is 13.3. The van der Waals surface area contributed by atoms with Gasteiger partial charge in [0.2, 0.25) is 11.8 Å². The van der Waals surface area contributed by atoms with E-state index in [1.807, 2.05) is 4.90 Å². The SMILES string of the molecule is O=C(CC1C(=O)NCCN1Cc1ccc(F)cc1Cl)NCC1CCOCC1. The van der Waals surface area contributed by atoms with E-state index in [1.165, 1.54) is 12.1 Å². The molecule has 0 aromatic heterocycles. The topological polar surface area (TPSA) is 70.7 Å². The van der Waals surface area contributed by atoms with Gasteiger partial charge in [-0.3, -0.25) is 14.5 Å².